The van der Waals surface area contributed by atoms with E-state index in [1.54, 1.807) is 0 Å². The highest BCUT2D eigenvalue weighted by Crippen LogP contribution is 2.45. The molecule has 0 saturated heterocycles. The molecule has 0 bridgehead atoms. The first-order valence-corrected chi connectivity index (χ1v) is 9.92. The van der Waals surface area contributed by atoms with Crippen LogP contribution >= 0.6 is 0 Å². The number of carbonyl (C=O) groups excluding carboxylic acids is 2. The maximum absolute atomic E-state index is 13.0. The first-order valence-electron chi connectivity index (χ1n) is 9.92. The highest BCUT2D eigenvalue weighted by molar-refractivity contribution is 5.87. The van der Waals surface area contributed by atoms with E-state index < -0.39 is 5.41 Å². The lowest BCUT2D eigenvalue weighted by molar-refractivity contribution is -0.154. The monoisotopic (exact) mass is 375 g/mol. The third-order valence-electron chi connectivity index (χ3n) is 5.41. The number of carbonyl (C=O) groups is 2. The van der Waals surface area contributed by atoms with Crippen LogP contribution in [0.2, 0.25) is 0 Å². The van der Waals surface area contributed by atoms with Gasteiger partial charge in [-0.15, -0.1) is 0 Å². The van der Waals surface area contributed by atoms with Gasteiger partial charge in [0.25, 0.3) is 5.91 Å². The Balaban J connectivity index is 1.69. The Kier molecular flexibility index (Phi) is 6.24. The number of esters is 1. The molecule has 2 aliphatic rings. The number of hydrogen-bond acceptors (Lipinski definition) is 5. The van der Waals surface area contributed by atoms with Gasteiger partial charge >= 0.3 is 5.97 Å². The Morgan fingerprint density at radius 1 is 1.19 bits per heavy atom. The van der Waals surface area contributed by atoms with Gasteiger partial charge in [-0.05, 0) is 43.9 Å². The smallest absolute Gasteiger partial charge is 0.317 e. The van der Waals surface area contributed by atoms with Crippen molar-refractivity contribution >= 4 is 11.9 Å². The highest BCUT2D eigenvalue weighted by Gasteiger charge is 2.45. The topological polar surface area (TPSA) is 73.9 Å². The number of ether oxygens (including phenoxy) is 3. The second-order valence-corrected chi connectivity index (χ2v) is 7.48. The standard InChI is InChI=1S/C21H29NO5/c1-3-6-15(2)22-19(23)14-27-20(24)21(9-4-5-10-21)16-7-8-17-18(13-16)26-12-11-25-17/h7-8,13,15H,3-6,9-12,14H2,1-2H3,(H,22,23). The Morgan fingerprint density at radius 2 is 1.89 bits per heavy atom. The molecule has 1 heterocycles. The van der Waals surface area contributed by atoms with Crippen molar-refractivity contribution in [1.82, 2.24) is 5.32 Å². The van der Waals surface area contributed by atoms with Gasteiger partial charge in [-0.2, -0.15) is 0 Å². The minimum atomic E-state index is -0.703. The fourth-order valence-electron chi connectivity index (χ4n) is 4.02. The van der Waals surface area contributed by atoms with Gasteiger partial charge in [0.05, 0.1) is 5.41 Å². The molecule has 1 fully saturated rings. The molecular weight excluding hydrogens is 346 g/mol. The van der Waals surface area contributed by atoms with Gasteiger partial charge in [0.1, 0.15) is 13.2 Å². The molecule has 1 amide bonds. The van der Waals surface area contributed by atoms with Gasteiger partial charge in [0, 0.05) is 6.04 Å². The zero-order valence-electron chi connectivity index (χ0n) is 16.2. The molecule has 1 N–H and O–H groups in total. The van der Waals surface area contributed by atoms with Crippen molar-refractivity contribution in [2.75, 3.05) is 19.8 Å². The van der Waals surface area contributed by atoms with Gasteiger partial charge in [0.15, 0.2) is 18.1 Å². The number of hydrogen-bond donors (Lipinski definition) is 1. The van der Waals surface area contributed by atoms with Gasteiger partial charge in [-0.1, -0.05) is 32.3 Å². The molecule has 6 heteroatoms. The lowest BCUT2D eigenvalue weighted by Gasteiger charge is -2.29. The SMILES string of the molecule is CCCC(C)NC(=O)COC(=O)C1(c2ccc3c(c2)OCCO3)CCCC1. The summed E-state index contributed by atoms with van der Waals surface area (Å²) in [5.74, 6) is 0.800. The summed E-state index contributed by atoms with van der Waals surface area (Å²) in [6.07, 6.45) is 5.26. The summed E-state index contributed by atoms with van der Waals surface area (Å²) in [7, 11) is 0. The van der Waals surface area contributed by atoms with Crippen molar-refractivity contribution in [3.63, 3.8) is 0 Å². The van der Waals surface area contributed by atoms with E-state index in [1.165, 1.54) is 0 Å². The molecule has 1 unspecified atom stereocenters. The normalized spacial score (nSPS) is 18.6. The average molecular weight is 375 g/mol. The highest BCUT2D eigenvalue weighted by atomic mass is 16.6. The van der Waals surface area contributed by atoms with E-state index in [2.05, 4.69) is 12.2 Å². The number of fused-ring (bicyclic) bond motifs is 1. The molecule has 0 aromatic heterocycles. The summed E-state index contributed by atoms with van der Waals surface area (Å²) in [5.41, 5.74) is 0.180. The summed E-state index contributed by atoms with van der Waals surface area (Å²) >= 11 is 0. The van der Waals surface area contributed by atoms with Crippen molar-refractivity contribution in [2.24, 2.45) is 0 Å². The van der Waals surface area contributed by atoms with Crippen LogP contribution in [0.4, 0.5) is 0 Å². The van der Waals surface area contributed by atoms with Crippen LogP contribution in [0.25, 0.3) is 0 Å². The van der Waals surface area contributed by atoms with Crippen molar-refractivity contribution in [3.05, 3.63) is 23.8 Å². The third kappa shape index (κ3) is 4.37. The van der Waals surface area contributed by atoms with Crippen molar-refractivity contribution in [1.29, 1.82) is 0 Å². The van der Waals surface area contributed by atoms with Crippen LogP contribution in [0.5, 0.6) is 11.5 Å². The molecule has 6 nitrogen and oxygen atoms in total. The Labute approximate surface area is 160 Å². The Morgan fingerprint density at radius 3 is 2.59 bits per heavy atom. The lowest BCUT2D eigenvalue weighted by atomic mass is 9.78. The molecule has 1 aliphatic heterocycles. The first kappa shape index (κ1) is 19.5. The molecule has 1 aromatic rings. The number of benzene rings is 1. The summed E-state index contributed by atoms with van der Waals surface area (Å²) in [6.45, 7) is 4.82. The Hall–Kier alpha value is -2.24. The van der Waals surface area contributed by atoms with Crippen LogP contribution in [0.3, 0.4) is 0 Å². The fraction of sp³-hybridized carbons (Fsp3) is 0.619. The Bertz CT molecular complexity index is 681. The molecule has 1 saturated carbocycles. The quantitative estimate of drug-likeness (QED) is 0.741. The van der Waals surface area contributed by atoms with Crippen LogP contribution in [-0.2, 0) is 19.7 Å². The van der Waals surface area contributed by atoms with E-state index in [1.807, 2.05) is 25.1 Å². The van der Waals surface area contributed by atoms with E-state index in [0.717, 1.165) is 44.1 Å². The van der Waals surface area contributed by atoms with Gasteiger partial charge in [-0.3, -0.25) is 9.59 Å². The molecule has 148 valence electrons. The molecule has 0 spiro atoms. The summed E-state index contributed by atoms with van der Waals surface area (Å²) in [5, 5.41) is 2.87. The molecule has 27 heavy (non-hydrogen) atoms. The minimum Gasteiger partial charge on any atom is -0.486 e. The predicted octanol–water partition coefficient (Wildman–Crippen LogP) is 3.12. The van der Waals surface area contributed by atoms with Crippen molar-refractivity contribution < 1.29 is 23.8 Å². The van der Waals surface area contributed by atoms with Gasteiger partial charge in [0.2, 0.25) is 0 Å². The number of nitrogens with one attached hydrogen (secondary N) is 1. The largest absolute Gasteiger partial charge is 0.486 e. The molecule has 3 rings (SSSR count). The maximum atomic E-state index is 13.0. The molecular formula is C21H29NO5. The van der Waals surface area contributed by atoms with E-state index in [0.29, 0.717) is 24.7 Å². The fourth-order valence-corrected chi connectivity index (χ4v) is 4.02. The van der Waals surface area contributed by atoms with E-state index in [-0.39, 0.29) is 24.5 Å². The van der Waals surface area contributed by atoms with Crippen LogP contribution in [-0.4, -0.2) is 37.7 Å². The van der Waals surface area contributed by atoms with Crippen LogP contribution in [0.1, 0.15) is 57.9 Å². The van der Waals surface area contributed by atoms with E-state index >= 15 is 0 Å². The lowest BCUT2D eigenvalue weighted by Crippen LogP contribution is -2.40. The van der Waals surface area contributed by atoms with Gasteiger partial charge < -0.3 is 19.5 Å². The zero-order chi connectivity index (χ0) is 19.3. The second-order valence-electron chi connectivity index (χ2n) is 7.48. The van der Waals surface area contributed by atoms with E-state index in [4.69, 9.17) is 14.2 Å². The molecule has 0 radical (unpaired) electrons. The summed E-state index contributed by atoms with van der Waals surface area (Å²) in [6, 6.07) is 5.75. The van der Waals surface area contributed by atoms with Crippen LogP contribution in [0, 0.1) is 0 Å². The number of amides is 1. The second kappa shape index (κ2) is 8.63. The summed E-state index contributed by atoms with van der Waals surface area (Å²) < 4.78 is 16.7. The third-order valence-corrected chi connectivity index (χ3v) is 5.41. The average Bonchev–Trinajstić information content (AvgIpc) is 3.17. The molecule has 1 aliphatic carbocycles. The first-order chi connectivity index (χ1) is 13.0. The van der Waals surface area contributed by atoms with Crippen molar-refractivity contribution in [3.8, 4) is 11.5 Å². The van der Waals surface area contributed by atoms with Crippen molar-refractivity contribution in [2.45, 2.75) is 63.8 Å². The van der Waals surface area contributed by atoms with Crippen LogP contribution < -0.4 is 14.8 Å². The molecule has 1 aromatic carbocycles. The maximum Gasteiger partial charge on any atom is 0.317 e. The zero-order valence-corrected chi connectivity index (χ0v) is 16.2. The minimum absolute atomic E-state index is 0.0828. The molecule has 1 atom stereocenters. The summed E-state index contributed by atoms with van der Waals surface area (Å²) in [4.78, 5) is 25.0. The number of rotatable bonds is 7. The van der Waals surface area contributed by atoms with E-state index in [9.17, 15) is 9.59 Å². The van der Waals surface area contributed by atoms with Crippen LogP contribution in [0.15, 0.2) is 18.2 Å². The van der Waals surface area contributed by atoms with Gasteiger partial charge in [-0.25, -0.2) is 0 Å². The predicted molar refractivity (Wildman–Crippen MR) is 101 cm³/mol.